The number of nitrogens with zero attached hydrogens (tertiary/aromatic N) is 1. The topological polar surface area (TPSA) is 32.3 Å². The van der Waals surface area contributed by atoms with E-state index in [1.807, 2.05) is 30.3 Å². The molecule has 1 amide bonds. The van der Waals surface area contributed by atoms with Gasteiger partial charge in [0.05, 0.1) is 12.5 Å². The fourth-order valence-electron chi connectivity index (χ4n) is 3.35. The number of amides is 1. The Labute approximate surface area is 144 Å². The molecule has 0 unspecified atom stereocenters. The van der Waals surface area contributed by atoms with Crippen LogP contribution in [0.3, 0.4) is 0 Å². The molecular weight excluding hydrogens is 296 g/mol. The van der Waals surface area contributed by atoms with Gasteiger partial charge in [0, 0.05) is 6.54 Å². The molecule has 3 heteroatoms. The Hall–Kier alpha value is -2.13. The van der Waals surface area contributed by atoms with Crippen LogP contribution in [0.15, 0.2) is 54.6 Å². The van der Waals surface area contributed by atoms with Crippen LogP contribution in [-0.4, -0.2) is 30.4 Å². The van der Waals surface area contributed by atoms with E-state index >= 15 is 0 Å². The van der Waals surface area contributed by atoms with Gasteiger partial charge in [-0.2, -0.15) is 0 Å². The molecule has 1 heterocycles. The molecule has 2 aromatic carbocycles. The zero-order chi connectivity index (χ0) is 16.8. The first-order chi connectivity index (χ1) is 11.7. The van der Waals surface area contributed by atoms with Crippen molar-refractivity contribution in [2.45, 2.75) is 32.2 Å². The maximum atomic E-state index is 12.3. The van der Waals surface area contributed by atoms with E-state index in [1.54, 1.807) is 0 Å². The second-order valence-electron chi connectivity index (χ2n) is 6.64. The molecule has 1 aliphatic rings. The van der Waals surface area contributed by atoms with Crippen molar-refractivity contribution in [1.29, 1.82) is 0 Å². The highest BCUT2D eigenvalue weighted by atomic mass is 16.1. The highest BCUT2D eigenvalue weighted by molar-refractivity contribution is 5.78. The zero-order valence-electron chi connectivity index (χ0n) is 14.4. The minimum atomic E-state index is 0.0949. The second-order valence-corrected chi connectivity index (χ2v) is 6.64. The Morgan fingerprint density at radius 3 is 2.38 bits per heavy atom. The van der Waals surface area contributed by atoms with Gasteiger partial charge in [0.2, 0.25) is 5.91 Å². The summed E-state index contributed by atoms with van der Waals surface area (Å²) in [6.07, 6.45) is 2.95. The van der Waals surface area contributed by atoms with Crippen LogP contribution in [0.2, 0.25) is 0 Å². The predicted molar refractivity (Wildman–Crippen MR) is 97.9 cm³/mol. The normalized spacial score (nSPS) is 16.0. The molecule has 0 aromatic heterocycles. The summed E-state index contributed by atoms with van der Waals surface area (Å²) in [6.45, 7) is 5.02. The lowest BCUT2D eigenvalue weighted by atomic mass is 10.0. The molecule has 1 aliphatic heterocycles. The number of nitrogens with one attached hydrogen (secondary N) is 1. The third-order valence-electron chi connectivity index (χ3n) is 4.74. The Morgan fingerprint density at radius 1 is 1.04 bits per heavy atom. The van der Waals surface area contributed by atoms with E-state index in [-0.39, 0.29) is 11.9 Å². The number of carbonyl (C=O) groups is 1. The summed E-state index contributed by atoms with van der Waals surface area (Å²) in [5.41, 5.74) is 3.62. The maximum Gasteiger partial charge on any atom is 0.224 e. The monoisotopic (exact) mass is 322 g/mol. The first-order valence-corrected chi connectivity index (χ1v) is 8.83. The van der Waals surface area contributed by atoms with Gasteiger partial charge in [-0.3, -0.25) is 9.69 Å². The van der Waals surface area contributed by atoms with Crippen molar-refractivity contribution >= 4 is 5.91 Å². The molecule has 2 aromatic rings. The Kier molecular flexibility index (Phi) is 5.65. The van der Waals surface area contributed by atoms with Gasteiger partial charge in [0.1, 0.15) is 0 Å². The van der Waals surface area contributed by atoms with Gasteiger partial charge in [0.25, 0.3) is 0 Å². The summed E-state index contributed by atoms with van der Waals surface area (Å²) in [7, 11) is 0. The summed E-state index contributed by atoms with van der Waals surface area (Å²) in [6, 6.07) is 18.9. The van der Waals surface area contributed by atoms with E-state index in [1.165, 1.54) is 24.0 Å². The number of hydrogen-bond donors (Lipinski definition) is 1. The standard InChI is InChI=1S/C21H26N2O/c1-17-9-11-19(12-10-17)20(23-13-5-6-14-23)16-22-21(24)15-18-7-3-2-4-8-18/h2-4,7-12,20H,5-6,13-16H2,1H3,(H,22,24)/t20-/m1/s1. The summed E-state index contributed by atoms with van der Waals surface area (Å²) in [5.74, 6) is 0.0949. The summed E-state index contributed by atoms with van der Waals surface area (Å²) in [4.78, 5) is 14.8. The summed E-state index contributed by atoms with van der Waals surface area (Å²) >= 11 is 0. The van der Waals surface area contributed by atoms with Crippen molar-refractivity contribution in [3.8, 4) is 0 Å². The molecule has 1 saturated heterocycles. The molecule has 3 rings (SSSR count). The quantitative estimate of drug-likeness (QED) is 0.883. The van der Waals surface area contributed by atoms with Gasteiger partial charge < -0.3 is 5.32 Å². The molecule has 0 saturated carbocycles. The average molecular weight is 322 g/mol. The maximum absolute atomic E-state index is 12.3. The molecule has 1 atom stereocenters. The molecule has 1 fully saturated rings. The molecule has 24 heavy (non-hydrogen) atoms. The third kappa shape index (κ3) is 4.45. The van der Waals surface area contributed by atoms with E-state index in [9.17, 15) is 4.79 Å². The van der Waals surface area contributed by atoms with Gasteiger partial charge in [-0.1, -0.05) is 60.2 Å². The molecule has 0 bridgehead atoms. The van der Waals surface area contributed by atoms with Crippen LogP contribution < -0.4 is 5.32 Å². The minimum Gasteiger partial charge on any atom is -0.354 e. The van der Waals surface area contributed by atoms with Crippen molar-refractivity contribution in [2.24, 2.45) is 0 Å². The Balaban J connectivity index is 1.63. The second kappa shape index (κ2) is 8.11. The Bertz CT molecular complexity index is 645. The molecule has 126 valence electrons. The van der Waals surface area contributed by atoms with Crippen molar-refractivity contribution < 1.29 is 4.79 Å². The zero-order valence-corrected chi connectivity index (χ0v) is 14.4. The Morgan fingerprint density at radius 2 is 1.71 bits per heavy atom. The van der Waals surface area contributed by atoms with Crippen molar-refractivity contribution in [1.82, 2.24) is 10.2 Å². The predicted octanol–water partition coefficient (Wildman–Crippen LogP) is 3.49. The van der Waals surface area contributed by atoms with Gasteiger partial charge in [-0.15, -0.1) is 0 Å². The van der Waals surface area contributed by atoms with Gasteiger partial charge in [-0.05, 0) is 44.0 Å². The van der Waals surface area contributed by atoms with Crippen LogP contribution in [0.1, 0.15) is 35.6 Å². The van der Waals surface area contributed by atoms with Crippen molar-refractivity contribution in [2.75, 3.05) is 19.6 Å². The number of benzene rings is 2. The lowest BCUT2D eigenvalue weighted by Gasteiger charge is -2.28. The largest absolute Gasteiger partial charge is 0.354 e. The first kappa shape index (κ1) is 16.7. The van der Waals surface area contributed by atoms with E-state index in [0.717, 1.165) is 18.7 Å². The fraction of sp³-hybridized carbons (Fsp3) is 0.381. The molecule has 0 spiro atoms. The van der Waals surface area contributed by atoms with E-state index in [2.05, 4.69) is 41.4 Å². The SMILES string of the molecule is Cc1ccc([C@@H](CNC(=O)Cc2ccccc2)N2CCCC2)cc1. The third-order valence-corrected chi connectivity index (χ3v) is 4.74. The van der Waals surface area contributed by atoms with Gasteiger partial charge in [-0.25, -0.2) is 0 Å². The average Bonchev–Trinajstić information content (AvgIpc) is 3.12. The number of carbonyl (C=O) groups excluding carboxylic acids is 1. The van der Waals surface area contributed by atoms with Crippen LogP contribution in [0.5, 0.6) is 0 Å². The molecule has 0 aliphatic carbocycles. The lowest BCUT2D eigenvalue weighted by Crippen LogP contribution is -2.37. The van der Waals surface area contributed by atoms with Gasteiger partial charge >= 0.3 is 0 Å². The number of likely N-dealkylation sites (tertiary alicyclic amines) is 1. The highest BCUT2D eigenvalue weighted by Gasteiger charge is 2.23. The number of rotatable bonds is 6. The van der Waals surface area contributed by atoms with Crippen LogP contribution in [0.4, 0.5) is 0 Å². The first-order valence-electron chi connectivity index (χ1n) is 8.83. The highest BCUT2D eigenvalue weighted by Crippen LogP contribution is 2.24. The van der Waals surface area contributed by atoms with Crippen LogP contribution in [-0.2, 0) is 11.2 Å². The van der Waals surface area contributed by atoms with Crippen LogP contribution in [0, 0.1) is 6.92 Å². The number of hydrogen-bond acceptors (Lipinski definition) is 2. The van der Waals surface area contributed by atoms with E-state index in [4.69, 9.17) is 0 Å². The molecule has 1 N–H and O–H groups in total. The van der Waals surface area contributed by atoms with Crippen LogP contribution >= 0.6 is 0 Å². The van der Waals surface area contributed by atoms with Crippen molar-refractivity contribution in [3.05, 3.63) is 71.3 Å². The van der Waals surface area contributed by atoms with Crippen LogP contribution in [0.25, 0.3) is 0 Å². The number of aryl methyl sites for hydroxylation is 1. The van der Waals surface area contributed by atoms with Crippen molar-refractivity contribution in [3.63, 3.8) is 0 Å². The summed E-state index contributed by atoms with van der Waals surface area (Å²) in [5, 5.41) is 3.14. The smallest absolute Gasteiger partial charge is 0.224 e. The van der Waals surface area contributed by atoms with E-state index in [0.29, 0.717) is 13.0 Å². The summed E-state index contributed by atoms with van der Waals surface area (Å²) < 4.78 is 0. The molecule has 3 nitrogen and oxygen atoms in total. The minimum absolute atomic E-state index is 0.0949. The molecule has 0 radical (unpaired) electrons. The fourth-order valence-corrected chi connectivity index (χ4v) is 3.35. The van der Waals surface area contributed by atoms with Gasteiger partial charge in [0.15, 0.2) is 0 Å². The van der Waals surface area contributed by atoms with E-state index < -0.39 is 0 Å². The lowest BCUT2D eigenvalue weighted by molar-refractivity contribution is -0.120. The molecular formula is C21H26N2O.